The molecule has 0 spiro atoms. The monoisotopic (exact) mass is 551 g/mol. The van der Waals surface area contributed by atoms with E-state index in [1.54, 1.807) is 6.26 Å². The maximum atomic E-state index is 5.33. The second kappa shape index (κ2) is 13.6. The van der Waals surface area contributed by atoms with Crippen molar-refractivity contribution in [3.63, 3.8) is 0 Å². The summed E-state index contributed by atoms with van der Waals surface area (Å²) in [6.45, 7) is 28.1. The minimum absolute atomic E-state index is 0.147. The molecule has 0 bridgehead atoms. The average molecular weight is 552 g/mol. The standard InChI is InChI=1S/C9H15N.C9H14O.2C8H14N2/c1-9(2,3)8-5-6-10(4)7-8;1-7-5-8(10-6-7)9(2,3)4;1-8(2,3)7-5-10(4)6-9-7;1-8(2,3)7-5-6-10(4)9-7/h5-7H,1-4H3;3*5-6H,1-4H3. The highest BCUT2D eigenvalue weighted by molar-refractivity contribution is 5.19. The summed E-state index contributed by atoms with van der Waals surface area (Å²) in [5.74, 6) is 1.06. The third-order valence-corrected chi connectivity index (χ3v) is 6.12. The molecule has 0 aliphatic carbocycles. The molecule has 0 radical (unpaired) electrons. The largest absolute Gasteiger partial charge is 0.469 e. The molecule has 0 saturated carbocycles. The molecule has 0 aliphatic rings. The molecule has 0 fully saturated rings. The Kier molecular flexibility index (Phi) is 11.9. The summed E-state index contributed by atoms with van der Waals surface area (Å²) >= 11 is 0. The zero-order valence-electron chi connectivity index (χ0n) is 28.3. The summed E-state index contributed by atoms with van der Waals surface area (Å²) in [7, 11) is 5.98. The van der Waals surface area contributed by atoms with Gasteiger partial charge >= 0.3 is 0 Å². The van der Waals surface area contributed by atoms with E-state index in [2.05, 4.69) is 142 Å². The topological polar surface area (TPSA) is 53.7 Å². The Labute approximate surface area is 244 Å². The normalized spacial score (nSPS) is 12.0. The van der Waals surface area contributed by atoms with E-state index in [1.807, 2.05) is 42.8 Å². The highest BCUT2D eigenvalue weighted by Gasteiger charge is 2.17. The van der Waals surface area contributed by atoms with Gasteiger partial charge in [-0.2, -0.15) is 5.10 Å². The van der Waals surface area contributed by atoms with Crippen molar-refractivity contribution in [1.82, 2.24) is 23.9 Å². The van der Waals surface area contributed by atoms with E-state index in [1.165, 1.54) is 11.1 Å². The molecule has 224 valence electrons. The van der Waals surface area contributed by atoms with Gasteiger partial charge in [-0.3, -0.25) is 4.68 Å². The molecular formula is C34H57N5O. The van der Waals surface area contributed by atoms with E-state index in [-0.39, 0.29) is 16.2 Å². The van der Waals surface area contributed by atoms with Crippen molar-refractivity contribution in [3.05, 3.63) is 83.9 Å². The van der Waals surface area contributed by atoms with Gasteiger partial charge in [-0.05, 0) is 41.7 Å². The lowest BCUT2D eigenvalue weighted by atomic mass is 9.89. The van der Waals surface area contributed by atoms with Gasteiger partial charge in [0.1, 0.15) is 5.76 Å². The van der Waals surface area contributed by atoms with Crippen LogP contribution in [0.4, 0.5) is 0 Å². The number of furan rings is 1. The molecule has 4 heterocycles. The van der Waals surface area contributed by atoms with Gasteiger partial charge < -0.3 is 13.6 Å². The molecule has 40 heavy (non-hydrogen) atoms. The number of hydrogen-bond donors (Lipinski definition) is 0. The van der Waals surface area contributed by atoms with Crippen molar-refractivity contribution in [2.75, 3.05) is 0 Å². The van der Waals surface area contributed by atoms with E-state index in [4.69, 9.17) is 4.42 Å². The lowest BCUT2D eigenvalue weighted by Crippen LogP contribution is -2.12. The Morgan fingerprint density at radius 3 is 1.43 bits per heavy atom. The van der Waals surface area contributed by atoms with Crippen LogP contribution in [0.3, 0.4) is 0 Å². The SMILES string of the molecule is Cc1coc(C(C)(C)C)c1.Cn1ccc(C(C)(C)C)c1.Cn1ccc(C(C)(C)C)n1.Cn1cnc(C(C)(C)C)c1. The number of imidazole rings is 1. The van der Waals surface area contributed by atoms with Gasteiger partial charge in [-0.1, -0.05) is 83.1 Å². The molecule has 4 aromatic rings. The first-order chi connectivity index (χ1) is 18.0. The molecule has 0 unspecified atom stereocenters. The quantitative estimate of drug-likeness (QED) is 0.220. The van der Waals surface area contributed by atoms with Gasteiger partial charge in [0.25, 0.3) is 0 Å². The molecule has 0 saturated heterocycles. The van der Waals surface area contributed by atoms with E-state index in [0.717, 1.165) is 17.1 Å². The third-order valence-electron chi connectivity index (χ3n) is 6.12. The van der Waals surface area contributed by atoms with E-state index >= 15 is 0 Å². The van der Waals surface area contributed by atoms with Crippen LogP contribution in [0.1, 0.15) is 111 Å². The Morgan fingerprint density at radius 2 is 1.23 bits per heavy atom. The molecule has 4 aromatic heterocycles. The van der Waals surface area contributed by atoms with E-state index < -0.39 is 0 Å². The molecule has 4 rings (SSSR count). The van der Waals surface area contributed by atoms with Gasteiger partial charge in [0.2, 0.25) is 0 Å². The molecular weight excluding hydrogens is 494 g/mol. The van der Waals surface area contributed by atoms with Crippen LogP contribution in [0.15, 0.2) is 60.0 Å². The Morgan fingerprint density at radius 1 is 0.650 bits per heavy atom. The predicted octanol–water partition coefficient (Wildman–Crippen LogP) is 8.64. The number of hydrogen-bond acceptors (Lipinski definition) is 3. The molecule has 6 heteroatoms. The van der Waals surface area contributed by atoms with Crippen LogP contribution < -0.4 is 0 Å². The van der Waals surface area contributed by atoms with Crippen LogP contribution in [-0.4, -0.2) is 23.9 Å². The molecule has 6 nitrogen and oxygen atoms in total. The van der Waals surface area contributed by atoms with Crippen molar-refractivity contribution >= 4 is 0 Å². The molecule has 0 atom stereocenters. The molecule has 0 aromatic carbocycles. The lowest BCUT2D eigenvalue weighted by molar-refractivity contribution is 0.409. The highest BCUT2D eigenvalue weighted by Crippen LogP contribution is 2.24. The first-order valence-corrected chi connectivity index (χ1v) is 14.2. The Bertz CT molecular complexity index is 1070. The number of aromatic nitrogens is 5. The van der Waals surface area contributed by atoms with Crippen molar-refractivity contribution < 1.29 is 4.42 Å². The van der Waals surface area contributed by atoms with E-state index in [0.29, 0.717) is 5.41 Å². The van der Waals surface area contributed by atoms with Crippen molar-refractivity contribution in [2.45, 2.75) is 112 Å². The minimum Gasteiger partial charge on any atom is -0.469 e. The summed E-state index contributed by atoms with van der Waals surface area (Å²) in [5.41, 5.74) is 5.70. The fraction of sp³-hybridized carbons (Fsp3) is 0.588. The average Bonchev–Trinajstić information content (AvgIpc) is 3.55. The number of rotatable bonds is 0. The fourth-order valence-corrected chi connectivity index (χ4v) is 3.39. The fourth-order valence-electron chi connectivity index (χ4n) is 3.39. The van der Waals surface area contributed by atoms with Crippen LogP contribution in [-0.2, 0) is 42.8 Å². The van der Waals surface area contributed by atoms with Gasteiger partial charge in [0.15, 0.2) is 0 Å². The zero-order valence-corrected chi connectivity index (χ0v) is 28.3. The van der Waals surface area contributed by atoms with Gasteiger partial charge in [-0.25, -0.2) is 4.98 Å². The second-order valence-electron chi connectivity index (χ2n) is 14.9. The lowest BCUT2D eigenvalue weighted by Gasteiger charge is -2.15. The second-order valence-corrected chi connectivity index (χ2v) is 14.9. The highest BCUT2D eigenvalue weighted by atomic mass is 16.3. The third kappa shape index (κ3) is 12.4. The maximum Gasteiger partial charge on any atom is 0.109 e. The van der Waals surface area contributed by atoms with Crippen LogP contribution in [0.2, 0.25) is 0 Å². The minimum atomic E-state index is 0.147. The van der Waals surface area contributed by atoms with Crippen molar-refractivity contribution in [1.29, 1.82) is 0 Å². The molecule has 0 amide bonds. The Balaban J connectivity index is 0.000000267. The summed E-state index contributed by atoms with van der Waals surface area (Å²) < 4.78 is 11.2. The van der Waals surface area contributed by atoms with Crippen LogP contribution in [0, 0.1) is 6.92 Å². The summed E-state index contributed by atoms with van der Waals surface area (Å²) in [6.07, 6.45) is 11.9. The first kappa shape index (κ1) is 35.0. The predicted molar refractivity (Wildman–Crippen MR) is 170 cm³/mol. The number of aryl methyl sites for hydroxylation is 4. The van der Waals surface area contributed by atoms with Crippen molar-refractivity contribution in [3.8, 4) is 0 Å². The van der Waals surface area contributed by atoms with Crippen LogP contribution >= 0.6 is 0 Å². The summed E-state index contributed by atoms with van der Waals surface area (Å²) in [4.78, 5) is 4.25. The zero-order chi connectivity index (χ0) is 31.1. The van der Waals surface area contributed by atoms with Gasteiger partial charge in [0.05, 0.1) is 24.0 Å². The van der Waals surface area contributed by atoms with Crippen LogP contribution in [0.25, 0.3) is 0 Å². The molecule has 0 aliphatic heterocycles. The van der Waals surface area contributed by atoms with Crippen LogP contribution in [0.5, 0.6) is 0 Å². The molecule has 0 N–H and O–H groups in total. The van der Waals surface area contributed by atoms with E-state index in [9.17, 15) is 0 Å². The summed E-state index contributed by atoms with van der Waals surface area (Å²) in [5, 5.41) is 4.30. The maximum absolute atomic E-state index is 5.33. The van der Waals surface area contributed by atoms with Crippen molar-refractivity contribution in [2.24, 2.45) is 21.1 Å². The Hall–Kier alpha value is -3.02. The number of nitrogens with zero attached hydrogens (tertiary/aromatic N) is 5. The smallest absolute Gasteiger partial charge is 0.109 e. The first-order valence-electron chi connectivity index (χ1n) is 14.2. The van der Waals surface area contributed by atoms with Gasteiger partial charge in [0, 0.05) is 62.2 Å². The summed E-state index contributed by atoms with van der Waals surface area (Å²) in [6, 6.07) is 6.31. The van der Waals surface area contributed by atoms with Gasteiger partial charge in [-0.15, -0.1) is 0 Å².